The molecule has 4 heterocycles. The molecule has 1 aliphatic heterocycles. The van der Waals surface area contributed by atoms with Crippen molar-refractivity contribution in [2.24, 2.45) is 5.73 Å². The normalized spacial score (nSPS) is 22.0. The highest BCUT2D eigenvalue weighted by atomic mass is 16.6. The SMILES string of the molecule is NC(=O)Cc1cnn(-c2nc(NCc3ccccc3)c3ncn([C@@H]4O[C@H](CO)[C@@H](O)[C@@H]4O)c3n2)c1. The van der Waals surface area contributed by atoms with Gasteiger partial charge in [0, 0.05) is 12.7 Å². The number of amides is 1. The molecule has 1 aromatic carbocycles. The van der Waals surface area contributed by atoms with Gasteiger partial charge >= 0.3 is 0 Å². The van der Waals surface area contributed by atoms with Gasteiger partial charge < -0.3 is 31.1 Å². The minimum absolute atomic E-state index is 0.0157. The maximum absolute atomic E-state index is 11.3. The second-order valence-corrected chi connectivity index (χ2v) is 8.20. The highest BCUT2D eigenvalue weighted by Gasteiger charge is 2.44. The molecule has 13 nitrogen and oxygen atoms in total. The molecule has 13 heteroatoms. The molecule has 182 valence electrons. The summed E-state index contributed by atoms with van der Waals surface area (Å²) in [7, 11) is 0. The van der Waals surface area contributed by atoms with Gasteiger partial charge in [-0.1, -0.05) is 30.3 Å². The summed E-state index contributed by atoms with van der Waals surface area (Å²) in [4.78, 5) is 24.8. The van der Waals surface area contributed by atoms with Crippen LogP contribution in [0.5, 0.6) is 0 Å². The number of carbonyl (C=O) groups excluding carboxylic acids is 1. The Balaban J connectivity index is 1.57. The third-order valence-electron chi connectivity index (χ3n) is 5.72. The molecule has 3 aromatic heterocycles. The number of rotatable bonds is 8. The van der Waals surface area contributed by atoms with E-state index >= 15 is 0 Å². The molecule has 35 heavy (non-hydrogen) atoms. The lowest BCUT2D eigenvalue weighted by Gasteiger charge is -2.17. The third kappa shape index (κ3) is 4.44. The molecule has 1 amide bonds. The Morgan fingerprint density at radius 1 is 1.14 bits per heavy atom. The number of nitrogens with one attached hydrogen (secondary N) is 1. The lowest BCUT2D eigenvalue weighted by Crippen LogP contribution is -2.33. The number of aromatic nitrogens is 6. The number of fused-ring (bicyclic) bond motifs is 1. The van der Waals surface area contributed by atoms with Crippen molar-refractivity contribution in [1.82, 2.24) is 29.3 Å². The van der Waals surface area contributed by atoms with E-state index in [-0.39, 0.29) is 12.4 Å². The van der Waals surface area contributed by atoms with Gasteiger partial charge in [-0.05, 0) is 11.1 Å². The van der Waals surface area contributed by atoms with Crippen LogP contribution in [0.4, 0.5) is 5.82 Å². The molecule has 1 fully saturated rings. The number of aliphatic hydroxyl groups is 3. The first-order chi connectivity index (χ1) is 16.9. The number of nitrogens with two attached hydrogens (primary N) is 1. The molecule has 4 atom stereocenters. The number of hydrogen-bond acceptors (Lipinski definition) is 10. The molecule has 0 unspecified atom stereocenters. The van der Waals surface area contributed by atoms with Gasteiger partial charge in [0.25, 0.3) is 5.95 Å². The van der Waals surface area contributed by atoms with Gasteiger partial charge in [-0.2, -0.15) is 15.1 Å². The summed E-state index contributed by atoms with van der Waals surface area (Å²) >= 11 is 0. The Morgan fingerprint density at radius 3 is 2.66 bits per heavy atom. The number of hydrogen-bond donors (Lipinski definition) is 5. The van der Waals surface area contributed by atoms with E-state index in [2.05, 4.69) is 25.4 Å². The summed E-state index contributed by atoms with van der Waals surface area (Å²) in [6.45, 7) is 0.000534. The summed E-state index contributed by atoms with van der Waals surface area (Å²) in [5.74, 6) is 0.0946. The zero-order chi connectivity index (χ0) is 24.5. The predicted octanol–water partition coefficient (Wildman–Crippen LogP) is -0.737. The Kier molecular flexibility index (Phi) is 6.13. The molecule has 0 spiro atoms. The first-order valence-electron chi connectivity index (χ1n) is 10.9. The minimum atomic E-state index is -1.31. The Bertz CT molecular complexity index is 1340. The second kappa shape index (κ2) is 9.38. The average Bonchev–Trinajstić information content (AvgIpc) is 3.56. The zero-order valence-corrected chi connectivity index (χ0v) is 18.5. The summed E-state index contributed by atoms with van der Waals surface area (Å²) in [6, 6.07) is 9.72. The fourth-order valence-electron chi connectivity index (χ4n) is 3.97. The number of primary amides is 1. The first-order valence-corrected chi connectivity index (χ1v) is 10.9. The van der Waals surface area contributed by atoms with Gasteiger partial charge in [-0.15, -0.1) is 0 Å². The number of imidazole rings is 1. The van der Waals surface area contributed by atoms with Crippen molar-refractivity contribution >= 4 is 22.9 Å². The van der Waals surface area contributed by atoms with E-state index in [1.54, 1.807) is 6.20 Å². The summed E-state index contributed by atoms with van der Waals surface area (Å²) in [5.41, 5.74) is 7.62. The van der Waals surface area contributed by atoms with Crippen LogP contribution in [0.3, 0.4) is 0 Å². The molecule has 0 bridgehead atoms. The number of benzene rings is 1. The summed E-state index contributed by atoms with van der Waals surface area (Å²) in [5, 5.41) is 37.7. The van der Waals surface area contributed by atoms with Crippen molar-refractivity contribution in [1.29, 1.82) is 0 Å². The lowest BCUT2D eigenvalue weighted by atomic mass is 10.1. The van der Waals surface area contributed by atoms with Gasteiger partial charge in [-0.25, -0.2) is 9.67 Å². The van der Waals surface area contributed by atoms with Crippen LogP contribution in [0.25, 0.3) is 17.1 Å². The van der Waals surface area contributed by atoms with E-state index in [1.165, 1.54) is 21.8 Å². The van der Waals surface area contributed by atoms with Crippen molar-refractivity contribution in [2.45, 2.75) is 37.5 Å². The Morgan fingerprint density at radius 2 is 1.94 bits per heavy atom. The van der Waals surface area contributed by atoms with Crippen LogP contribution in [0.2, 0.25) is 0 Å². The monoisotopic (exact) mass is 480 g/mol. The van der Waals surface area contributed by atoms with Crippen LogP contribution in [-0.2, 0) is 22.5 Å². The molecule has 6 N–H and O–H groups in total. The zero-order valence-electron chi connectivity index (χ0n) is 18.5. The van der Waals surface area contributed by atoms with E-state index in [4.69, 9.17) is 10.5 Å². The van der Waals surface area contributed by atoms with Crippen molar-refractivity contribution in [3.63, 3.8) is 0 Å². The smallest absolute Gasteiger partial charge is 0.254 e. The number of nitrogens with zero attached hydrogens (tertiary/aromatic N) is 6. The highest BCUT2D eigenvalue weighted by Crippen LogP contribution is 2.32. The third-order valence-corrected chi connectivity index (χ3v) is 5.72. The molecule has 4 aromatic rings. The average molecular weight is 480 g/mol. The molecule has 1 aliphatic rings. The van der Waals surface area contributed by atoms with E-state index < -0.39 is 37.1 Å². The summed E-state index contributed by atoms with van der Waals surface area (Å²) in [6.07, 6.45) is -0.0244. The Labute approximate surface area is 198 Å². The van der Waals surface area contributed by atoms with Crippen LogP contribution in [0.15, 0.2) is 49.1 Å². The molecule has 0 saturated carbocycles. The van der Waals surface area contributed by atoms with Crippen LogP contribution in [-0.4, -0.2) is 75.4 Å². The summed E-state index contributed by atoms with van der Waals surface area (Å²) < 4.78 is 8.55. The molecule has 5 rings (SSSR count). The van der Waals surface area contributed by atoms with Crippen LogP contribution in [0.1, 0.15) is 17.4 Å². The van der Waals surface area contributed by atoms with Gasteiger partial charge in [0.2, 0.25) is 5.91 Å². The van der Waals surface area contributed by atoms with Gasteiger partial charge in [-0.3, -0.25) is 9.36 Å². The quantitative estimate of drug-likeness (QED) is 0.215. The number of carbonyl (C=O) groups is 1. The topological polar surface area (TPSA) is 186 Å². The molecule has 0 radical (unpaired) electrons. The molecule has 1 saturated heterocycles. The van der Waals surface area contributed by atoms with Crippen LogP contribution in [0, 0.1) is 0 Å². The number of aliphatic hydroxyl groups excluding tert-OH is 3. The molecular weight excluding hydrogens is 456 g/mol. The van der Waals surface area contributed by atoms with Gasteiger partial charge in [0.15, 0.2) is 23.2 Å². The van der Waals surface area contributed by atoms with E-state index in [1.807, 2.05) is 30.3 Å². The van der Waals surface area contributed by atoms with Gasteiger partial charge in [0.05, 0.1) is 25.6 Å². The minimum Gasteiger partial charge on any atom is -0.394 e. The highest BCUT2D eigenvalue weighted by molar-refractivity contribution is 5.83. The van der Waals surface area contributed by atoms with Crippen molar-refractivity contribution in [3.05, 3.63) is 60.2 Å². The maximum atomic E-state index is 11.3. The maximum Gasteiger partial charge on any atom is 0.254 e. The van der Waals surface area contributed by atoms with E-state index in [0.29, 0.717) is 29.1 Å². The lowest BCUT2D eigenvalue weighted by molar-refractivity contribution is -0.117. The standard InChI is InChI=1S/C22H24N8O5/c23-15(32)6-13-8-26-30(9-13)22-27-19(24-7-12-4-2-1-3-5-12)16-20(28-22)29(11-25-16)21-18(34)17(33)14(10-31)35-21/h1-5,8-9,11,14,17-18,21,31,33-34H,6-7,10H2,(H2,23,32)(H,24,27,28)/t14-,17-,18+,21-/m1/s1. The second-order valence-electron chi connectivity index (χ2n) is 8.20. The molecular formula is C22H24N8O5. The predicted molar refractivity (Wildman–Crippen MR) is 122 cm³/mol. The van der Waals surface area contributed by atoms with Crippen molar-refractivity contribution < 1.29 is 24.9 Å². The fraction of sp³-hybridized carbons (Fsp3) is 0.318. The number of anilines is 1. The number of ether oxygens (including phenoxy) is 1. The Hall–Kier alpha value is -3.91. The van der Waals surface area contributed by atoms with E-state index in [0.717, 1.165) is 5.56 Å². The van der Waals surface area contributed by atoms with Crippen molar-refractivity contribution in [2.75, 3.05) is 11.9 Å². The largest absolute Gasteiger partial charge is 0.394 e. The van der Waals surface area contributed by atoms with E-state index in [9.17, 15) is 20.1 Å². The van der Waals surface area contributed by atoms with Crippen LogP contribution < -0.4 is 11.1 Å². The molecule has 0 aliphatic carbocycles. The van der Waals surface area contributed by atoms with Crippen LogP contribution >= 0.6 is 0 Å². The first kappa shape index (κ1) is 22.9. The van der Waals surface area contributed by atoms with Gasteiger partial charge in [0.1, 0.15) is 18.3 Å². The fourth-order valence-corrected chi connectivity index (χ4v) is 3.97. The van der Waals surface area contributed by atoms with Crippen molar-refractivity contribution in [3.8, 4) is 5.95 Å².